The van der Waals surface area contributed by atoms with E-state index in [-0.39, 0.29) is 0 Å². The van der Waals surface area contributed by atoms with Crippen LogP contribution in [0, 0.1) is 18.3 Å². The van der Waals surface area contributed by atoms with Crippen LogP contribution in [0.25, 0.3) is 10.9 Å². The van der Waals surface area contributed by atoms with Gasteiger partial charge in [0.05, 0.1) is 22.5 Å². The Morgan fingerprint density at radius 3 is 2.80 bits per heavy atom. The number of rotatable bonds is 2. The van der Waals surface area contributed by atoms with Gasteiger partial charge in [0.25, 0.3) is 0 Å². The number of nitriles is 1. The maximum Gasteiger partial charge on any atom is 0.149 e. The van der Waals surface area contributed by atoms with E-state index in [0.717, 1.165) is 22.3 Å². The minimum atomic E-state index is 0.520. The van der Waals surface area contributed by atoms with Gasteiger partial charge in [-0.1, -0.05) is 18.2 Å². The Bertz CT molecular complexity index is 826. The number of benzene rings is 1. The summed E-state index contributed by atoms with van der Waals surface area (Å²) < 4.78 is 1.73. The van der Waals surface area contributed by atoms with Gasteiger partial charge >= 0.3 is 0 Å². The van der Waals surface area contributed by atoms with E-state index < -0.39 is 0 Å². The molecule has 3 rings (SSSR count). The molecule has 0 fully saturated rings. The molecule has 0 saturated heterocycles. The normalized spacial score (nSPS) is 10.4. The van der Waals surface area contributed by atoms with Crippen LogP contribution in [-0.2, 0) is 7.05 Å². The van der Waals surface area contributed by atoms with Crippen LogP contribution in [0.3, 0.4) is 0 Å². The molecule has 1 N–H and O–H groups in total. The molecule has 0 unspecified atom stereocenters. The first-order chi connectivity index (χ1) is 9.67. The molecule has 5 nitrogen and oxygen atoms in total. The van der Waals surface area contributed by atoms with E-state index in [1.165, 1.54) is 0 Å². The van der Waals surface area contributed by atoms with Gasteiger partial charge in [0.2, 0.25) is 0 Å². The number of hydrogen-bond donors (Lipinski definition) is 1. The maximum absolute atomic E-state index is 9.28. The highest BCUT2D eigenvalue weighted by Crippen LogP contribution is 2.24. The number of nitrogens with zero attached hydrogens (tertiary/aromatic N) is 4. The van der Waals surface area contributed by atoms with E-state index in [2.05, 4.69) is 21.5 Å². The predicted octanol–water partition coefficient (Wildman–Crippen LogP) is 2.89. The lowest BCUT2D eigenvalue weighted by Crippen LogP contribution is -1.98. The molecule has 0 spiro atoms. The fourth-order valence-electron chi connectivity index (χ4n) is 2.15. The van der Waals surface area contributed by atoms with Crippen molar-refractivity contribution in [2.75, 3.05) is 5.32 Å². The second kappa shape index (κ2) is 4.67. The molecule has 0 saturated carbocycles. The van der Waals surface area contributed by atoms with Gasteiger partial charge in [-0.2, -0.15) is 10.4 Å². The number of aryl methyl sites for hydroxylation is 2. The number of para-hydroxylation sites is 1. The first-order valence-electron chi connectivity index (χ1n) is 6.24. The number of aromatic nitrogens is 3. The van der Waals surface area contributed by atoms with Crippen molar-refractivity contribution in [1.29, 1.82) is 5.26 Å². The quantitative estimate of drug-likeness (QED) is 0.772. The van der Waals surface area contributed by atoms with Crippen LogP contribution in [-0.4, -0.2) is 14.8 Å². The lowest BCUT2D eigenvalue weighted by atomic mass is 10.1. The van der Waals surface area contributed by atoms with Gasteiger partial charge in [0, 0.05) is 18.6 Å². The molecule has 0 aliphatic carbocycles. The van der Waals surface area contributed by atoms with E-state index >= 15 is 0 Å². The van der Waals surface area contributed by atoms with Gasteiger partial charge in [-0.15, -0.1) is 0 Å². The molecule has 2 heterocycles. The van der Waals surface area contributed by atoms with Crippen molar-refractivity contribution >= 4 is 22.4 Å². The third-order valence-electron chi connectivity index (χ3n) is 3.11. The smallest absolute Gasteiger partial charge is 0.149 e. The summed E-state index contributed by atoms with van der Waals surface area (Å²) in [6.07, 6.45) is 1.87. The fraction of sp³-hybridized carbons (Fsp3) is 0.133. The highest BCUT2D eigenvalue weighted by atomic mass is 15.3. The molecule has 0 aliphatic rings. The van der Waals surface area contributed by atoms with Gasteiger partial charge in [-0.25, -0.2) is 4.98 Å². The number of fused-ring (bicyclic) bond motifs is 1. The average molecular weight is 263 g/mol. The highest BCUT2D eigenvalue weighted by molar-refractivity contribution is 5.83. The van der Waals surface area contributed by atoms with Crippen LogP contribution < -0.4 is 5.32 Å². The van der Waals surface area contributed by atoms with Gasteiger partial charge in [-0.05, 0) is 19.1 Å². The van der Waals surface area contributed by atoms with Gasteiger partial charge in [-0.3, -0.25) is 4.68 Å². The predicted molar refractivity (Wildman–Crippen MR) is 77.7 cm³/mol. The summed E-state index contributed by atoms with van der Waals surface area (Å²) in [5.41, 5.74) is 3.10. The lowest BCUT2D eigenvalue weighted by Gasteiger charge is -2.07. The van der Waals surface area contributed by atoms with Crippen molar-refractivity contribution < 1.29 is 0 Å². The SMILES string of the molecule is Cc1nn(C)cc1Nc1nc2ccccc2cc1C#N. The number of nitrogens with one attached hydrogen (secondary N) is 1. The largest absolute Gasteiger partial charge is 0.336 e. The van der Waals surface area contributed by atoms with Crippen LogP contribution in [0.15, 0.2) is 36.5 Å². The maximum atomic E-state index is 9.28. The zero-order valence-corrected chi connectivity index (χ0v) is 11.3. The van der Waals surface area contributed by atoms with Gasteiger partial charge < -0.3 is 5.32 Å². The molecule has 1 aromatic carbocycles. The first kappa shape index (κ1) is 12.2. The van der Waals surface area contributed by atoms with E-state index in [1.54, 1.807) is 4.68 Å². The van der Waals surface area contributed by atoms with E-state index in [0.29, 0.717) is 11.4 Å². The lowest BCUT2D eigenvalue weighted by molar-refractivity contribution is 0.756. The minimum Gasteiger partial charge on any atom is -0.336 e. The molecule has 0 atom stereocenters. The van der Waals surface area contributed by atoms with E-state index in [1.807, 2.05) is 50.5 Å². The molecule has 5 heteroatoms. The highest BCUT2D eigenvalue weighted by Gasteiger charge is 2.09. The van der Waals surface area contributed by atoms with Crippen molar-refractivity contribution in [3.63, 3.8) is 0 Å². The topological polar surface area (TPSA) is 66.5 Å². The molecule has 98 valence electrons. The standard InChI is InChI=1S/C15H13N5/c1-10-14(9-20(2)19-10)18-15-12(8-16)7-11-5-3-4-6-13(11)17-15/h3-7,9H,1-2H3,(H,17,18). The Balaban J connectivity index is 2.10. The summed E-state index contributed by atoms with van der Waals surface area (Å²) in [6.45, 7) is 1.91. The van der Waals surface area contributed by atoms with Crippen molar-refractivity contribution in [2.45, 2.75) is 6.92 Å². The monoisotopic (exact) mass is 263 g/mol. The van der Waals surface area contributed by atoms with Gasteiger partial charge in [0.15, 0.2) is 0 Å². The Kier molecular flexibility index (Phi) is 2.84. The molecule has 0 amide bonds. The third kappa shape index (κ3) is 2.08. The van der Waals surface area contributed by atoms with Gasteiger partial charge in [0.1, 0.15) is 11.9 Å². The Hall–Kier alpha value is -2.87. The zero-order chi connectivity index (χ0) is 14.1. The van der Waals surface area contributed by atoms with E-state index in [4.69, 9.17) is 0 Å². The molecule has 0 radical (unpaired) electrons. The summed E-state index contributed by atoms with van der Waals surface area (Å²) in [5.74, 6) is 0.558. The van der Waals surface area contributed by atoms with Crippen LogP contribution in [0.2, 0.25) is 0 Å². The van der Waals surface area contributed by atoms with Crippen LogP contribution in [0.5, 0.6) is 0 Å². The molecule has 20 heavy (non-hydrogen) atoms. The first-order valence-corrected chi connectivity index (χ1v) is 6.24. The molecular formula is C15H13N5. The molecule has 3 aromatic rings. The minimum absolute atomic E-state index is 0.520. The summed E-state index contributed by atoms with van der Waals surface area (Å²) in [7, 11) is 1.86. The van der Waals surface area contributed by atoms with Crippen LogP contribution in [0.1, 0.15) is 11.3 Å². The zero-order valence-electron chi connectivity index (χ0n) is 11.3. The Morgan fingerprint density at radius 1 is 1.30 bits per heavy atom. The van der Waals surface area contributed by atoms with Crippen molar-refractivity contribution in [2.24, 2.45) is 7.05 Å². The number of pyridine rings is 1. The van der Waals surface area contributed by atoms with Crippen LogP contribution >= 0.6 is 0 Å². The van der Waals surface area contributed by atoms with Crippen molar-refractivity contribution in [3.8, 4) is 6.07 Å². The Labute approximate surface area is 116 Å². The Morgan fingerprint density at radius 2 is 2.10 bits per heavy atom. The fourth-order valence-corrected chi connectivity index (χ4v) is 2.15. The molecule has 2 aromatic heterocycles. The average Bonchev–Trinajstić information content (AvgIpc) is 2.76. The summed E-state index contributed by atoms with van der Waals surface area (Å²) in [4.78, 5) is 4.52. The molecule has 0 bridgehead atoms. The summed E-state index contributed by atoms with van der Waals surface area (Å²) in [6, 6.07) is 11.8. The summed E-state index contributed by atoms with van der Waals surface area (Å²) >= 11 is 0. The molecule has 0 aliphatic heterocycles. The second-order valence-corrected chi connectivity index (χ2v) is 4.62. The van der Waals surface area contributed by atoms with Crippen molar-refractivity contribution in [1.82, 2.24) is 14.8 Å². The molecular weight excluding hydrogens is 250 g/mol. The number of hydrogen-bond acceptors (Lipinski definition) is 4. The van der Waals surface area contributed by atoms with Crippen LogP contribution in [0.4, 0.5) is 11.5 Å². The van der Waals surface area contributed by atoms with E-state index in [9.17, 15) is 5.26 Å². The third-order valence-corrected chi connectivity index (χ3v) is 3.11. The summed E-state index contributed by atoms with van der Waals surface area (Å²) in [5, 5.41) is 17.7. The number of anilines is 2. The van der Waals surface area contributed by atoms with Crippen molar-refractivity contribution in [3.05, 3.63) is 47.8 Å². The second-order valence-electron chi connectivity index (χ2n) is 4.62.